The van der Waals surface area contributed by atoms with Crippen LogP contribution in [0.15, 0.2) is 0 Å². The van der Waals surface area contributed by atoms with E-state index in [1.165, 1.54) is 21.1 Å². The average Bonchev–Trinajstić information content (AvgIpc) is 2.68. The van der Waals surface area contributed by atoms with Crippen molar-refractivity contribution in [3.8, 4) is 0 Å². The predicted octanol–water partition coefficient (Wildman–Crippen LogP) is -2.03. The molecule has 0 aliphatic heterocycles. The SMILES string of the molecule is COC(=O)C(C)(CO)COCC(C)C(=O)OCCC[Si](O)(O)OO[SiH](O)OC. The molecule has 0 aliphatic carbocycles. The smallest absolute Gasteiger partial charge is 0.468 e. The zero-order valence-electron chi connectivity index (χ0n) is 16.5. The summed E-state index contributed by atoms with van der Waals surface area (Å²) in [7, 11) is -4.81. The van der Waals surface area contributed by atoms with Gasteiger partial charge in [0.25, 0.3) is 0 Å². The summed E-state index contributed by atoms with van der Waals surface area (Å²) < 4.78 is 28.1. The molecule has 166 valence electrons. The Kier molecular flexibility index (Phi) is 12.9. The minimum Gasteiger partial charge on any atom is -0.468 e. The number of carbonyl (C=O) groups is 2. The third-order valence-corrected chi connectivity index (χ3v) is 5.80. The largest absolute Gasteiger partial charge is 0.523 e. The van der Waals surface area contributed by atoms with E-state index in [-0.39, 0.29) is 32.3 Å². The Hall–Kier alpha value is -0.946. The van der Waals surface area contributed by atoms with Crippen molar-refractivity contribution in [2.45, 2.75) is 26.3 Å². The van der Waals surface area contributed by atoms with Gasteiger partial charge in [-0.25, -0.2) is 9.15 Å². The van der Waals surface area contributed by atoms with Crippen LogP contribution in [0.2, 0.25) is 6.04 Å². The molecule has 0 aromatic rings. The molecular formula is C14H30O12Si2. The first-order valence-electron chi connectivity index (χ1n) is 8.45. The number of esters is 2. The summed E-state index contributed by atoms with van der Waals surface area (Å²) >= 11 is 0. The molecule has 4 N–H and O–H groups in total. The number of methoxy groups -OCH3 is 1. The lowest BCUT2D eigenvalue weighted by Crippen LogP contribution is -2.41. The van der Waals surface area contributed by atoms with E-state index in [9.17, 15) is 24.3 Å². The molecule has 14 heteroatoms. The number of aliphatic hydroxyl groups excluding tert-OH is 1. The maximum atomic E-state index is 11.9. The molecule has 0 saturated carbocycles. The van der Waals surface area contributed by atoms with Gasteiger partial charge in [0.05, 0.1) is 39.5 Å². The van der Waals surface area contributed by atoms with Crippen LogP contribution < -0.4 is 0 Å². The highest BCUT2D eigenvalue weighted by atomic mass is 28.4. The molecular weight excluding hydrogens is 416 g/mol. The van der Waals surface area contributed by atoms with Crippen LogP contribution in [0.5, 0.6) is 0 Å². The normalized spacial score (nSPS) is 16.1. The van der Waals surface area contributed by atoms with Crippen molar-refractivity contribution < 1.29 is 56.9 Å². The lowest BCUT2D eigenvalue weighted by atomic mass is 9.93. The zero-order valence-corrected chi connectivity index (χ0v) is 18.6. The Morgan fingerprint density at radius 3 is 2.43 bits per heavy atom. The fourth-order valence-electron chi connectivity index (χ4n) is 1.76. The van der Waals surface area contributed by atoms with Crippen molar-refractivity contribution in [2.24, 2.45) is 11.3 Å². The van der Waals surface area contributed by atoms with Crippen LogP contribution in [0.1, 0.15) is 20.3 Å². The molecule has 0 aromatic carbocycles. The van der Waals surface area contributed by atoms with Crippen LogP contribution in [0.25, 0.3) is 0 Å². The molecule has 3 unspecified atom stereocenters. The number of aliphatic hydroxyl groups is 1. The highest BCUT2D eigenvalue weighted by Crippen LogP contribution is 2.18. The summed E-state index contributed by atoms with van der Waals surface area (Å²) in [5.41, 5.74) is -1.23. The predicted molar refractivity (Wildman–Crippen MR) is 96.3 cm³/mol. The summed E-state index contributed by atoms with van der Waals surface area (Å²) in [4.78, 5) is 51.7. The van der Waals surface area contributed by atoms with Gasteiger partial charge in [-0.2, -0.15) is 0 Å². The first-order valence-corrected chi connectivity index (χ1v) is 11.9. The maximum Gasteiger partial charge on any atom is 0.523 e. The number of ether oxygens (including phenoxy) is 3. The van der Waals surface area contributed by atoms with Gasteiger partial charge < -0.3 is 38.1 Å². The summed E-state index contributed by atoms with van der Waals surface area (Å²) in [5.74, 6) is -1.85. The van der Waals surface area contributed by atoms with Crippen molar-refractivity contribution in [3.05, 3.63) is 0 Å². The van der Waals surface area contributed by atoms with Gasteiger partial charge in [0, 0.05) is 13.2 Å². The van der Waals surface area contributed by atoms with Gasteiger partial charge in [-0.3, -0.25) is 9.59 Å². The highest BCUT2D eigenvalue weighted by molar-refractivity contribution is 6.57. The van der Waals surface area contributed by atoms with Crippen LogP contribution in [0, 0.1) is 11.3 Å². The average molecular weight is 447 g/mol. The van der Waals surface area contributed by atoms with Crippen LogP contribution in [-0.2, 0) is 37.4 Å². The summed E-state index contributed by atoms with van der Waals surface area (Å²) in [6.07, 6.45) is 0.0947. The first-order chi connectivity index (χ1) is 13.0. The van der Waals surface area contributed by atoms with E-state index >= 15 is 0 Å². The van der Waals surface area contributed by atoms with E-state index in [0.717, 1.165) is 0 Å². The molecule has 0 rings (SSSR count). The van der Waals surface area contributed by atoms with Gasteiger partial charge in [0.2, 0.25) is 0 Å². The van der Waals surface area contributed by atoms with Crippen molar-refractivity contribution >= 4 is 30.3 Å². The molecule has 0 fully saturated rings. The Bertz CT molecular complexity index is 477. The molecule has 28 heavy (non-hydrogen) atoms. The quantitative estimate of drug-likeness (QED) is 0.0716. The lowest BCUT2D eigenvalue weighted by molar-refractivity contribution is -0.185. The molecule has 3 atom stereocenters. The van der Waals surface area contributed by atoms with E-state index in [4.69, 9.17) is 14.3 Å². The van der Waals surface area contributed by atoms with Crippen molar-refractivity contribution in [1.82, 2.24) is 0 Å². The number of hydrogen-bond donors (Lipinski definition) is 4. The molecule has 12 nitrogen and oxygen atoms in total. The number of carbonyl (C=O) groups excluding carboxylic acids is 2. The van der Waals surface area contributed by atoms with Crippen molar-refractivity contribution in [3.63, 3.8) is 0 Å². The number of rotatable bonds is 15. The first kappa shape index (κ1) is 27.1. The minimum absolute atomic E-state index is 0.0411. The molecule has 0 heterocycles. The van der Waals surface area contributed by atoms with Crippen molar-refractivity contribution in [2.75, 3.05) is 40.6 Å². The van der Waals surface area contributed by atoms with E-state index in [1.54, 1.807) is 6.92 Å². The molecule has 0 spiro atoms. The molecule has 0 saturated heterocycles. The Morgan fingerprint density at radius 2 is 1.89 bits per heavy atom. The van der Waals surface area contributed by atoms with Crippen LogP contribution >= 0.6 is 0 Å². The molecule has 0 aliphatic rings. The maximum absolute atomic E-state index is 11.9. The van der Waals surface area contributed by atoms with E-state index in [0.29, 0.717) is 0 Å². The topological polar surface area (TPSA) is 170 Å². The van der Waals surface area contributed by atoms with Crippen LogP contribution in [0.3, 0.4) is 0 Å². The Balaban J connectivity index is 4.11. The second kappa shape index (κ2) is 13.3. The van der Waals surface area contributed by atoms with Crippen LogP contribution in [-0.4, -0.2) is 90.4 Å². The van der Waals surface area contributed by atoms with Gasteiger partial charge in [-0.1, -0.05) is 0 Å². The van der Waals surface area contributed by atoms with Gasteiger partial charge in [-0.05, 0) is 20.3 Å². The second-order valence-corrected chi connectivity index (χ2v) is 9.79. The lowest BCUT2D eigenvalue weighted by Gasteiger charge is -2.24. The monoisotopic (exact) mass is 446 g/mol. The fourth-order valence-corrected chi connectivity index (χ4v) is 3.47. The minimum atomic E-state index is -4.15. The zero-order chi connectivity index (χ0) is 21.8. The van der Waals surface area contributed by atoms with Crippen molar-refractivity contribution in [1.29, 1.82) is 0 Å². The Labute approximate surface area is 166 Å². The summed E-state index contributed by atoms with van der Waals surface area (Å²) in [5, 5.41) is 9.31. The van der Waals surface area contributed by atoms with Gasteiger partial charge in [-0.15, -0.1) is 0 Å². The van der Waals surface area contributed by atoms with E-state index in [1.807, 2.05) is 0 Å². The standard InChI is InChI=1S/C14H30O12Si2/c1-11(8-23-10-14(2,9-15)13(17)21-3)12(16)24-6-5-7-28(19,20)26-25-27(18)22-4/h11,15,18-20,27H,5-10H2,1-4H3. The van der Waals surface area contributed by atoms with Gasteiger partial charge in [0.1, 0.15) is 5.41 Å². The Morgan fingerprint density at radius 1 is 1.25 bits per heavy atom. The molecule has 0 bridgehead atoms. The summed E-state index contributed by atoms with van der Waals surface area (Å²) in [6, 6.07) is -0.218. The van der Waals surface area contributed by atoms with Gasteiger partial charge >= 0.3 is 30.3 Å². The number of hydrogen-bond acceptors (Lipinski definition) is 12. The van der Waals surface area contributed by atoms with Gasteiger partial charge in [0.15, 0.2) is 0 Å². The molecule has 0 aromatic heterocycles. The highest BCUT2D eigenvalue weighted by Gasteiger charge is 2.36. The molecule has 0 amide bonds. The van der Waals surface area contributed by atoms with Crippen LogP contribution in [0.4, 0.5) is 0 Å². The third-order valence-electron chi connectivity index (χ3n) is 3.57. The van der Waals surface area contributed by atoms with E-state index < -0.39 is 48.2 Å². The molecule has 0 radical (unpaired) electrons. The summed E-state index contributed by atoms with van der Waals surface area (Å²) in [6.45, 7) is 2.29. The second-order valence-electron chi connectivity index (χ2n) is 6.36. The third kappa shape index (κ3) is 10.6. The fraction of sp³-hybridized carbons (Fsp3) is 0.857. The van der Waals surface area contributed by atoms with E-state index in [2.05, 4.69) is 18.3 Å².